The Labute approximate surface area is 108 Å². The second-order valence-corrected chi connectivity index (χ2v) is 5.40. The Balaban J connectivity index is 1.75. The third-order valence-electron chi connectivity index (χ3n) is 4.17. The van der Waals surface area contributed by atoms with Crippen LogP contribution in [0.3, 0.4) is 0 Å². The minimum atomic E-state index is 0.659. The summed E-state index contributed by atoms with van der Waals surface area (Å²) in [6.45, 7) is 1.01. The van der Waals surface area contributed by atoms with Crippen molar-refractivity contribution in [3.8, 4) is 0 Å². The van der Waals surface area contributed by atoms with E-state index in [4.69, 9.17) is 5.73 Å². The van der Waals surface area contributed by atoms with Gasteiger partial charge < -0.3 is 10.3 Å². The number of imidazole rings is 1. The summed E-state index contributed by atoms with van der Waals surface area (Å²) in [7, 11) is 0. The van der Waals surface area contributed by atoms with Crippen LogP contribution in [0.2, 0.25) is 0 Å². The van der Waals surface area contributed by atoms with Crippen LogP contribution in [0.4, 0.5) is 5.95 Å². The van der Waals surface area contributed by atoms with Crippen LogP contribution in [-0.4, -0.2) is 9.55 Å². The summed E-state index contributed by atoms with van der Waals surface area (Å²) in [6, 6.07) is 8.21. The summed E-state index contributed by atoms with van der Waals surface area (Å²) in [4.78, 5) is 4.42. The van der Waals surface area contributed by atoms with Crippen molar-refractivity contribution in [1.29, 1.82) is 0 Å². The van der Waals surface area contributed by atoms with E-state index in [0.29, 0.717) is 5.95 Å². The zero-order valence-electron chi connectivity index (χ0n) is 10.8. The number of aromatic nitrogens is 2. The number of nitrogen functional groups attached to an aromatic ring is 1. The molecule has 0 aliphatic heterocycles. The fourth-order valence-corrected chi connectivity index (χ4v) is 3.12. The highest BCUT2D eigenvalue weighted by Gasteiger charge is 2.14. The number of para-hydroxylation sites is 2. The van der Waals surface area contributed by atoms with E-state index in [0.717, 1.165) is 18.0 Å². The third kappa shape index (κ3) is 2.22. The quantitative estimate of drug-likeness (QED) is 0.895. The van der Waals surface area contributed by atoms with E-state index in [1.54, 1.807) is 0 Å². The van der Waals surface area contributed by atoms with Gasteiger partial charge in [-0.15, -0.1) is 0 Å². The highest BCUT2D eigenvalue weighted by molar-refractivity contribution is 5.78. The molecule has 2 aromatic rings. The predicted molar refractivity (Wildman–Crippen MR) is 75.3 cm³/mol. The van der Waals surface area contributed by atoms with E-state index >= 15 is 0 Å². The molecule has 1 fully saturated rings. The van der Waals surface area contributed by atoms with Crippen LogP contribution in [-0.2, 0) is 6.54 Å². The fourth-order valence-electron chi connectivity index (χ4n) is 3.12. The van der Waals surface area contributed by atoms with Crippen LogP contribution in [0.5, 0.6) is 0 Å². The first kappa shape index (κ1) is 11.6. The summed E-state index contributed by atoms with van der Waals surface area (Å²) in [5, 5.41) is 0. The van der Waals surface area contributed by atoms with Crippen molar-refractivity contribution in [3.05, 3.63) is 24.3 Å². The van der Waals surface area contributed by atoms with Gasteiger partial charge in [0.1, 0.15) is 0 Å². The first-order chi connectivity index (χ1) is 8.84. The Kier molecular flexibility index (Phi) is 3.22. The molecular weight excluding hydrogens is 222 g/mol. The van der Waals surface area contributed by atoms with Crippen LogP contribution in [0.15, 0.2) is 24.3 Å². The number of anilines is 1. The molecule has 2 N–H and O–H groups in total. The lowest BCUT2D eigenvalue weighted by Crippen LogP contribution is -2.11. The molecule has 3 rings (SSSR count). The third-order valence-corrected chi connectivity index (χ3v) is 4.17. The van der Waals surface area contributed by atoms with Crippen molar-refractivity contribution in [3.63, 3.8) is 0 Å². The number of benzene rings is 1. The lowest BCUT2D eigenvalue weighted by Gasteiger charge is -2.21. The molecule has 1 heterocycles. The maximum absolute atomic E-state index is 6.02. The molecule has 1 aromatic carbocycles. The van der Waals surface area contributed by atoms with Gasteiger partial charge in [-0.3, -0.25) is 0 Å². The fraction of sp³-hybridized carbons (Fsp3) is 0.533. The molecule has 0 unspecified atom stereocenters. The zero-order chi connectivity index (χ0) is 12.4. The van der Waals surface area contributed by atoms with Gasteiger partial charge in [0.15, 0.2) is 0 Å². The van der Waals surface area contributed by atoms with Crippen LogP contribution in [0, 0.1) is 5.92 Å². The number of hydrogen-bond acceptors (Lipinski definition) is 2. The van der Waals surface area contributed by atoms with Gasteiger partial charge in [-0.25, -0.2) is 4.98 Å². The normalized spacial score (nSPS) is 17.3. The summed E-state index contributed by atoms with van der Waals surface area (Å²) in [6.07, 6.45) is 8.27. The number of hydrogen-bond donors (Lipinski definition) is 1. The van der Waals surface area contributed by atoms with Crippen molar-refractivity contribution in [2.24, 2.45) is 5.92 Å². The van der Waals surface area contributed by atoms with Crippen molar-refractivity contribution in [1.82, 2.24) is 9.55 Å². The van der Waals surface area contributed by atoms with E-state index in [9.17, 15) is 0 Å². The Bertz CT molecular complexity index is 524. The number of fused-ring (bicyclic) bond motifs is 1. The molecule has 1 saturated carbocycles. The second-order valence-electron chi connectivity index (χ2n) is 5.40. The van der Waals surface area contributed by atoms with Crippen molar-refractivity contribution < 1.29 is 0 Å². The average Bonchev–Trinajstić information content (AvgIpc) is 2.73. The molecule has 96 valence electrons. The molecule has 3 heteroatoms. The Morgan fingerprint density at radius 1 is 1.17 bits per heavy atom. The van der Waals surface area contributed by atoms with E-state index in [2.05, 4.69) is 21.7 Å². The van der Waals surface area contributed by atoms with Crippen LogP contribution in [0.25, 0.3) is 11.0 Å². The monoisotopic (exact) mass is 243 g/mol. The smallest absolute Gasteiger partial charge is 0.201 e. The van der Waals surface area contributed by atoms with Gasteiger partial charge in [-0.2, -0.15) is 0 Å². The van der Waals surface area contributed by atoms with E-state index in [-0.39, 0.29) is 0 Å². The standard InChI is InChI=1S/C15H21N3/c16-15-17-13-8-4-5-9-14(13)18(15)11-10-12-6-2-1-3-7-12/h4-5,8-9,12H,1-3,6-7,10-11H2,(H2,16,17). The lowest BCUT2D eigenvalue weighted by atomic mass is 9.87. The highest BCUT2D eigenvalue weighted by Crippen LogP contribution is 2.28. The van der Waals surface area contributed by atoms with Gasteiger partial charge in [-0.05, 0) is 24.5 Å². The molecule has 1 aliphatic carbocycles. The summed E-state index contributed by atoms with van der Waals surface area (Å²) < 4.78 is 2.17. The van der Waals surface area contributed by atoms with Gasteiger partial charge in [0.2, 0.25) is 5.95 Å². The molecule has 0 radical (unpaired) electrons. The Hall–Kier alpha value is -1.51. The Morgan fingerprint density at radius 2 is 1.94 bits per heavy atom. The maximum Gasteiger partial charge on any atom is 0.201 e. The number of nitrogens with two attached hydrogens (primary N) is 1. The summed E-state index contributed by atoms with van der Waals surface area (Å²) in [5.41, 5.74) is 8.21. The molecule has 3 nitrogen and oxygen atoms in total. The molecule has 0 bridgehead atoms. The van der Waals surface area contributed by atoms with Crippen molar-refractivity contribution >= 4 is 17.0 Å². The van der Waals surface area contributed by atoms with Gasteiger partial charge >= 0.3 is 0 Å². The maximum atomic E-state index is 6.02. The van der Waals surface area contributed by atoms with E-state index in [1.807, 2.05) is 12.1 Å². The zero-order valence-corrected chi connectivity index (χ0v) is 10.8. The van der Waals surface area contributed by atoms with Crippen molar-refractivity contribution in [2.45, 2.75) is 45.1 Å². The molecule has 18 heavy (non-hydrogen) atoms. The molecule has 0 saturated heterocycles. The van der Waals surface area contributed by atoms with E-state index in [1.165, 1.54) is 44.0 Å². The second kappa shape index (κ2) is 5.01. The van der Waals surface area contributed by atoms with Crippen LogP contribution >= 0.6 is 0 Å². The minimum absolute atomic E-state index is 0.659. The molecule has 0 spiro atoms. The number of aryl methyl sites for hydroxylation is 1. The van der Waals surface area contributed by atoms with Crippen LogP contribution in [0.1, 0.15) is 38.5 Å². The molecule has 0 amide bonds. The summed E-state index contributed by atoms with van der Waals surface area (Å²) in [5.74, 6) is 1.55. The van der Waals surface area contributed by atoms with Crippen LogP contribution < -0.4 is 5.73 Å². The van der Waals surface area contributed by atoms with Gasteiger partial charge in [0, 0.05) is 6.54 Å². The lowest BCUT2D eigenvalue weighted by molar-refractivity contribution is 0.326. The molecule has 1 aromatic heterocycles. The average molecular weight is 243 g/mol. The summed E-state index contributed by atoms with van der Waals surface area (Å²) >= 11 is 0. The van der Waals surface area contributed by atoms with E-state index < -0.39 is 0 Å². The Morgan fingerprint density at radius 3 is 2.78 bits per heavy atom. The first-order valence-corrected chi connectivity index (χ1v) is 7.05. The minimum Gasteiger partial charge on any atom is -0.369 e. The number of rotatable bonds is 3. The SMILES string of the molecule is Nc1nc2ccccc2n1CCC1CCCCC1. The van der Waals surface area contributed by atoms with Gasteiger partial charge in [-0.1, -0.05) is 44.2 Å². The van der Waals surface area contributed by atoms with Crippen molar-refractivity contribution in [2.75, 3.05) is 5.73 Å². The first-order valence-electron chi connectivity index (χ1n) is 7.05. The largest absolute Gasteiger partial charge is 0.369 e. The molecular formula is C15H21N3. The molecule has 1 aliphatic rings. The molecule has 0 atom stereocenters. The topological polar surface area (TPSA) is 43.8 Å². The van der Waals surface area contributed by atoms with Gasteiger partial charge in [0.05, 0.1) is 11.0 Å². The number of nitrogens with zero attached hydrogens (tertiary/aromatic N) is 2. The predicted octanol–water partition coefficient (Wildman–Crippen LogP) is 3.59. The highest BCUT2D eigenvalue weighted by atomic mass is 15.1. The van der Waals surface area contributed by atoms with Gasteiger partial charge in [0.25, 0.3) is 0 Å².